The van der Waals surface area contributed by atoms with Crippen molar-refractivity contribution in [1.82, 2.24) is 0 Å². The Balaban J connectivity index is 2.72. The zero-order valence-corrected chi connectivity index (χ0v) is 7.10. The van der Waals surface area contributed by atoms with Crippen molar-refractivity contribution in [3.05, 3.63) is 0 Å². The van der Waals surface area contributed by atoms with Gasteiger partial charge in [0, 0.05) is 0 Å². The topological polar surface area (TPSA) is 160 Å². The van der Waals surface area contributed by atoms with Crippen molar-refractivity contribution in [3.8, 4) is 0 Å². The molecule has 15 heavy (non-hydrogen) atoms. The number of aliphatic hydroxyl groups is 3. The maximum Gasteiger partial charge on any atom is 0.373 e. The van der Waals surface area contributed by atoms with Gasteiger partial charge in [0.15, 0.2) is 12.2 Å². The van der Waals surface area contributed by atoms with Crippen LogP contribution in [0.4, 0.5) is 0 Å². The molecule has 0 aromatic heterocycles. The van der Waals surface area contributed by atoms with Gasteiger partial charge in [0.2, 0.25) is 0 Å². The highest BCUT2D eigenvalue weighted by Gasteiger charge is 2.66. The smallest absolute Gasteiger partial charge is 0.373 e. The van der Waals surface area contributed by atoms with Crippen LogP contribution >= 0.6 is 0 Å². The molecule has 9 heteroatoms. The molecule has 0 spiro atoms. The van der Waals surface area contributed by atoms with Gasteiger partial charge in [-0.1, -0.05) is 0 Å². The van der Waals surface area contributed by atoms with Gasteiger partial charge in [0.1, 0.15) is 6.10 Å². The first kappa shape index (κ1) is 11.8. The Bertz CT molecular complexity index is 282. The molecule has 0 aromatic rings. The number of hydrogen-bond acceptors (Lipinski definition) is 7. The van der Waals surface area contributed by atoms with E-state index in [-0.39, 0.29) is 0 Å². The molecule has 0 bridgehead atoms. The van der Waals surface area contributed by atoms with Crippen LogP contribution in [0, 0.1) is 0 Å². The van der Waals surface area contributed by atoms with Crippen LogP contribution in [0.2, 0.25) is 0 Å². The van der Waals surface area contributed by atoms with Crippen molar-refractivity contribution in [2.24, 2.45) is 0 Å². The molecule has 1 aliphatic rings. The Hall–Kier alpha value is -1.26. The Labute approximate surface area is 82.0 Å². The van der Waals surface area contributed by atoms with E-state index in [2.05, 4.69) is 9.78 Å². The van der Waals surface area contributed by atoms with Crippen LogP contribution in [0.3, 0.4) is 0 Å². The highest BCUT2D eigenvalue weighted by Crippen LogP contribution is 2.35. The normalized spacial score (nSPS) is 23.9. The quantitative estimate of drug-likeness (QED) is 0.240. The summed E-state index contributed by atoms with van der Waals surface area (Å²) in [6.45, 7) is 0. The lowest BCUT2D eigenvalue weighted by Crippen LogP contribution is -2.52. The summed E-state index contributed by atoms with van der Waals surface area (Å²) in [7, 11) is 0. The largest absolute Gasteiger partial charge is 0.479 e. The first-order valence-electron chi connectivity index (χ1n) is 3.70. The second-order valence-electron chi connectivity index (χ2n) is 2.86. The SMILES string of the molecule is O=C(O)[C@@H](O)[C@H](O)[C@@H](O)C1(C(=O)O)OO1. The number of aliphatic hydroxyl groups excluding tert-OH is 3. The molecular weight excluding hydrogens is 216 g/mol. The summed E-state index contributed by atoms with van der Waals surface area (Å²) in [5.41, 5.74) is 0. The third-order valence-corrected chi connectivity index (χ3v) is 1.85. The third-order valence-electron chi connectivity index (χ3n) is 1.85. The molecule has 0 radical (unpaired) electrons. The molecule has 0 aliphatic carbocycles. The number of carbonyl (C=O) groups is 2. The van der Waals surface area contributed by atoms with Gasteiger partial charge in [-0.25, -0.2) is 9.59 Å². The summed E-state index contributed by atoms with van der Waals surface area (Å²) < 4.78 is 0. The predicted molar refractivity (Wildman–Crippen MR) is 38.2 cm³/mol. The lowest BCUT2D eigenvalue weighted by molar-refractivity contribution is -0.169. The maximum atomic E-state index is 10.5. The maximum absolute atomic E-state index is 10.5. The summed E-state index contributed by atoms with van der Waals surface area (Å²) >= 11 is 0. The van der Waals surface area contributed by atoms with E-state index in [1.807, 2.05) is 0 Å². The Morgan fingerprint density at radius 2 is 1.53 bits per heavy atom. The summed E-state index contributed by atoms with van der Waals surface area (Å²) in [4.78, 5) is 28.6. The summed E-state index contributed by atoms with van der Waals surface area (Å²) in [5, 5.41) is 43.9. The Morgan fingerprint density at radius 1 is 1.07 bits per heavy atom. The Kier molecular flexibility index (Phi) is 2.93. The van der Waals surface area contributed by atoms with Crippen molar-refractivity contribution in [3.63, 3.8) is 0 Å². The van der Waals surface area contributed by atoms with E-state index in [1.54, 1.807) is 0 Å². The van der Waals surface area contributed by atoms with Crippen LogP contribution in [0.25, 0.3) is 0 Å². The van der Waals surface area contributed by atoms with E-state index >= 15 is 0 Å². The predicted octanol–water partition coefficient (Wildman–Crippen LogP) is -3.10. The number of carboxylic acids is 2. The molecular formula is C6H8O9. The molecule has 1 aliphatic heterocycles. The lowest BCUT2D eigenvalue weighted by Gasteiger charge is -2.20. The van der Waals surface area contributed by atoms with Crippen molar-refractivity contribution in [2.75, 3.05) is 0 Å². The minimum atomic E-state index is -2.50. The molecule has 0 aromatic carbocycles. The van der Waals surface area contributed by atoms with Gasteiger partial charge in [-0.2, -0.15) is 9.78 Å². The van der Waals surface area contributed by atoms with Crippen LogP contribution in [0.15, 0.2) is 0 Å². The van der Waals surface area contributed by atoms with Crippen molar-refractivity contribution >= 4 is 11.9 Å². The van der Waals surface area contributed by atoms with E-state index in [1.165, 1.54) is 0 Å². The third kappa shape index (κ3) is 1.91. The molecule has 9 nitrogen and oxygen atoms in total. The molecule has 5 N–H and O–H groups in total. The minimum absolute atomic E-state index is 1.74. The van der Waals surface area contributed by atoms with Crippen LogP contribution in [-0.4, -0.2) is 61.6 Å². The van der Waals surface area contributed by atoms with Gasteiger partial charge >= 0.3 is 17.7 Å². The van der Waals surface area contributed by atoms with E-state index < -0.39 is 36.0 Å². The second-order valence-corrected chi connectivity index (χ2v) is 2.86. The first-order chi connectivity index (χ1) is 6.83. The zero-order chi connectivity index (χ0) is 11.8. The van der Waals surface area contributed by atoms with Gasteiger partial charge in [-0.05, 0) is 0 Å². The fraction of sp³-hybridized carbons (Fsp3) is 0.667. The monoisotopic (exact) mass is 224 g/mol. The summed E-state index contributed by atoms with van der Waals surface area (Å²) in [5.74, 6) is -6.06. The molecule has 1 saturated heterocycles. The molecule has 1 rings (SSSR count). The van der Waals surface area contributed by atoms with E-state index in [0.717, 1.165) is 0 Å². The fourth-order valence-corrected chi connectivity index (χ4v) is 0.885. The average molecular weight is 224 g/mol. The van der Waals surface area contributed by atoms with Crippen molar-refractivity contribution in [1.29, 1.82) is 0 Å². The summed E-state index contributed by atoms with van der Waals surface area (Å²) in [6.07, 6.45) is -6.81. The van der Waals surface area contributed by atoms with E-state index in [9.17, 15) is 14.7 Å². The van der Waals surface area contributed by atoms with Crippen LogP contribution < -0.4 is 0 Å². The highest BCUT2D eigenvalue weighted by atomic mass is 17.4. The van der Waals surface area contributed by atoms with Gasteiger partial charge in [0.05, 0.1) is 0 Å². The summed E-state index contributed by atoms with van der Waals surface area (Å²) in [6, 6.07) is 0. The van der Waals surface area contributed by atoms with Crippen LogP contribution in [0.1, 0.15) is 0 Å². The molecule has 0 unspecified atom stereocenters. The molecule has 1 fully saturated rings. The molecule has 1 heterocycles. The fourth-order valence-electron chi connectivity index (χ4n) is 0.885. The zero-order valence-electron chi connectivity index (χ0n) is 7.10. The van der Waals surface area contributed by atoms with Gasteiger partial charge in [-0.3, -0.25) is 0 Å². The van der Waals surface area contributed by atoms with Gasteiger partial charge in [0.25, 0.3) is 0 Å². The highest BCUT2D eigenvalue weighted by molar-refractivity contribution is 5.79. The lowest BCUT2D eigenvalue weighted by atomic mass is 10.0. The van der Waals surface area contributed by atoms with Crippen LogP contribution in [0.5, 0.6) is 0 Å². The van der Waals surface area contributed by atoms with E-state index in [4.69, 9.17) is 20.4 Å². The Morgan fingerprint density at radius 3 is 1.80 bits per heavy atom. The molecule has 86 valence electrons. The van der Waals surface area contributed by atoms with Crippen molar-refractivity contribution in [2.45, 2.75) is 24.1 Å². The number of rotatable bonds is 5. The minimum Gasteiger partial charge on any atom is -0.479 e. The molecule has 3 atom stereocenters. The number of aliphatic carboxylic acids is 2. The average Bonchev–Trinajstić information content (AvgIpc) is 2.94. The van der Waals surface area contributed by atoms with Crippen LogP contribution in [-0.2, 0) is 19.4 Å². The van der Waals surface area contributed by atoms with Gasteiger partial charge in [-0.15, -0.1) is 0 Å². The van der Waals surface area contributed by atoms with Gasteiger partial charge < -0.3 is 25.5 Å². The number of hydrogen-bond donors (Lipinski definition) is 5. The number of carboxylic acid groups (broad SMARTS) is 2. The molecule has 0 saturated carbocycles. The molecule has 0 amide bonds. The second kappa shape index (κ2) is 3.72. The van der Waals surface area contributed by atoms with E-state index in [0.29, 0.717) is 0 Å². The standard InChI is InChI=1S/C6H8O9/c7-1(2(8)4(10)11)3(9)6(5(12)13)14-15-6/h1-3,7-9H,(H,10,11)(H,12,13)/t1-,2-,3+/m0/s1. The van der Waals surface area contributed by atoms with Crippen molar-refractivity contribution < 1.29 is 44.9 Å². The first-order valence-corrected chi connectivity index (χ1v) is 3.70.